The summed E-state index contributed by atoms with van der Waals surface area (Å²) in [6, 6.07) is 9.05. The van der Waals surface area contributed by atoms with Crippen LogP contribution in [-0.4, -0.2) is 11.8 Å². The summed E-state index contributed by atoms with van der Waals surface area (Å²) in [5.74, 6) is -2.80. The number of benzene rings is 2. The molecular formula is C15H11ClF2N2O2. The van der Waals surface area contributed by atoms with Crippen molar-refractivity contribution in [1.29, 1.82) is 0 Å². The van der Waals surface area contributed by atoms with E-state index in [-0.39, 0.29) is 23.1 Å². The van der Waals surface area contributed by atoms with Gasteiger partial charge in [-0.3, -0.25) is 9.59 Å². The van der Waals surface area contributed by atoms with Crippen LogP contribution >= 0.6 is 11.6 Å². The Morgan fingerprint density at radius 2 is 1.68 bits per heavy atom. The van der Waals surface area contributed by atoms with E-state index >= 15 is 0 Å². The van der Waals surface area contributed by atoms with Crippen LogP contribution in [-0.2, 0) is 16.1 Å². The molecule has 2 amide bonds. The molecular weight excluding hydrogens is 314 g/mol. The molecule has 2 rings (SSSR count). The van der Waals surface area contributed by atoms with E-state index in [4.69, 9.17) is 11.6 Å². The fourth-order valence-corrected chi connectivity index (χ4v) is 1.81. The summed E-state index contributed by atoms with van der Waals surface area (Å²) in [7, 11) is 0. The molecule has 0 aliphatic rings. The third-order valence-electron chi connectivity index (χ3n) is 2.75. The van der Waals surface area contributed by atoms with Gasteiger partial charge >= 0.3 is 11.8 Å². The van der Waals surface area contributed by atoms with Crippen molar-refractivity contribution >= 4 is 29.1 Å². The predicted octanol–water partition coefficient (Wildman–Crippen LogP) is 2.87. The number of nitrogens with one attached hydrogen (secondary N) is 2. The molecule has 22 heavy (non-hydrogen) atoms. The van der Waals surface area contributed by atoms with E-state index in [9.17, 15) is 18.4 Å². The van der Waals surface area contributed by atoms with Gasteiger partial charge in [0.25, 0.3) is 0 Å². The zero-order chi connectivity index (χ0) is 16.1. The number of hydrogen-bond acceptors (Lipinski definition) is 2. The first-order valence-corrected chi connectivity index (χ1v) is 6.62. The lowest BCUT2D eigenvalue weighted by Crippen LogP contribution is -2.34. The molecule has 0 unspecified atom stereocenters. The highest BCUT2D eigenvalue weighted by Crippen LogP contribution is 2.19. The van der Waals surface area contributed by atoms with Gasteiger partial charge in [-0.1, -0.05) is 23.7 Å². The Labute approximate surface area is 130 Å². The minimum Gasteiger partial charge on any atom is -0.344 e. The predicted molar refractivity (Wildman–Crippen MR) is 78.3 cm³/mol. The molecule has 0 aliphatic heterocycles. The molecule has 114 valence electrons. The Bertz CT molecular complexity index is 705. The van der Waals surface area contributed by atoms with Gasteiger partial charge in [-0.15, -0.1) is 0 Å². The van der Waals surface area contributed by atoms with Crippen molar-refractivity contribution in [2.75, 3.05) is 5.32 Å². The van der Waals surface area contributed by atoms with Crippen LogP contribution in [0.3, 0.4) is 0 Å². The molecule has 0 bridgehead atoms. The maximum atomic E-state index is 13.0. The lowest BCUT2D eigenvalue weighted by molar-refractivity contribution is -0.136. The lowest BCUT2D eigenvalue weighted by Gasteiger charge is -2.07. The number of halogens is 3. The summed E-state index contributed by atoms with van der Waals surface area (Å²) in [6.07, 6.45) is 0. The number of carbonyl (C=O) groups is 2. The smallest absolute Gasteiger partial charge is 0.313 e. The molecule has 0 spiro atoms. The molecule has 2 N–H and O–H groups in total. The van der Waals surface area contributed by atoms with Crippen molar-refractivity contribution < 1.29 is 18.4 Å². The van der Waals surface area contributed by atoms with Crippen LogP contribution in [0.4, 0.5) is 14.5 Å². The molecule has 0 heterocycles. The molecule has 7 heteroatoms. The van der Waals surface area contributed by atoms with Gasteiger partial charge in [-0.2, -0.15) is 0 Å². The van der Waals surface area contributed by atoms with E-state index in [1.165, 1.54) is 36.4 Å². The van der Waals surface area contributed by atoms with Crippen LogP contribution in [0.15, 0.2) is 42.5 Å². The normalized spacial score (nSPS) is 10.1. The largest absolute Gasteiger partial charge is 0.344 e. The Balaban J connectivity index is 1.90. The summed E-state index contributed by atoms with van der Waals surface area (Å²) in [4.78, 5) is 23.3. The molecule has 0 radical (unpaired) electrons. The highest BCUT2D eigenvalue weighted by Gasteiger charge is 2.14. The first-order valence-electron chi connectivity index (χ1n) is 6.24. The molecule has 2 aromatic carbocycles. The molecule has 0 aliphatic carbocycles. The third-order valence-corrected chi connectivity index (χ3v) is 3.04. The number of carbonyl (C=O) groups excluding carboxylic acids is 2. The lowest BCUT2D eigenvalue weighted by atomic mass is 10.2. The summed E-state index contributed by atoms with van der Waals surface area (Å²) >= 11 is 5.57. The van der Waals surface area contributed by atoms with E-state index in [1.807, 2.05) is 0 Å². The van der Waals surface area contributed by atoms with Crippen LogP contribution in [0.5, 0.6) is 0 Å². The van der Waals surface area contributed by atoms with Crippen molar-refractivity contribution in [3.05, 3.63) is 64.7 Å². The van der Waals surface area contributed by atoms with Crippen LogP contribution in [0.25, 0.3) is 0 Å². The standard InChI is InChI=1S/C15H11ClF2N2O2/c16-12-7-11(5-6-13(12)18)20-15(22)14(21)19-8-9-1-3-10(17)4-2-9/h1-7H,8H2,(H,19,21)(H,20,22). The summed E-state index contributed by atoms with van der Waals surface area (Å²) < 4.78 is 25.7. The second-order valence-electron chi connectivity index (χ2n) is 4.39. The first-order chi connectivity index (χ1) is 10.5. The van der Waals surface area contributed by atoms with E-state index in [0.717, 1.165) is 6.07 Å². The molecule has 0 saturated carbocycles. The minimum absolute atomic E-state index is 0.0801. The molecule has 2 aromatic rings. The quantitative estimate of drug-likeness (QED) is 0.853. The second kappa shape index (κ2) is 7.00. The first kappa shape index (κ1) is 15.9. The molecule has 0 aromatic heterocycles. The Kier molecular flexibility index (Phi) is 5.06. The monoisotopic (exact) mass is 324 g/mol. The Morgan fingerprint density at radius 1 is 1.00 bits per heavy atom. The van der Waals surface area contributed by atoms with Crippen molar-refractivity contribution in [3.63, 3.8) is 0 Å². The molecule has 0 atom stereocenters. The number of anilines is 1. The van der Waals surface area contributed by atoms with Crippen molar-refractivity contribution in [1.82, 2.24) is 5.32 Å². The van der Waals surface area contributed by atoms with Gasteiger partial charge < -0.3 is 10.6 Å². The summed E-state index contributed by atoms with van der Waals surface area (Å²) in [6.45, 7) is 0.0801. The summed E-state index contributed by atoms with van der Waals surface area (Å²) in [5.41, 5.74) is 0.848. The molecule has 4 nitrogen and oxygen atoms in total. The van der Waals surface area contributed by atoms with Crippen LogP contribution < -0.4 is 10.6 Å². The maximum Gasteiger partial charge on any atom is 0.313 e. The number of hydrogen-bond donors (Lipinski definition) is 2. The highest BCUT2D eigenvalue weighted by atomic mass is 35.5. The third kappa shape index (κ3) is 4.26. The number of rotatable bonds is 3. The van der Waals surface area contributed by atoms with Gasteiger partial charge in [-0.25, -0.2) is 8.78 Å². The van der Waals surface area contributed by atoms with E-state index < -0.39 is 17.6 Å². The maximum absolute atomic E-state index is 13.0. The van der Waals surface area contributed by atoms with Gasteiger partial charge in [0.2, 0.25) is 0 Å². The van der Waals surface area contributed by atoms with E-state index in [2.05, 4.69) is 10.6 Å². The van der Waals surface area contributed by atoms with Crippen LogP contribution in [0.1, 0.15) is 5.56 Å². The second-order valence-corrected chi connectivity index (χ2v) is 4.80. The topological polar surface area (TPSA) is 58.2 Å². The zero-order valence-electron chi connectivity index (χ0n) is 11.2. The zero-order valence-corrected chi connectivity index (χ0v) is 12.0. The van der Waals surface area contributed by atoms with Gasteiger partial charge in [0.15, 0.2) is 0 Å². The fourth-order valence-electron chi connectivity index (χ4n) is 1.63. The van der Waals surface area contributed by atoms with Gasteiger partial charge in [-0.05, 0) is 35.9 Å². The Hall–Kier alpha value is -2.47. The molecule has 0 saturated heterocycles. The van der Waals surface area contributed by atoms with Crippen LogP contribution in [0.2, 0.25) is 5.02 Å². The SMILES string of the molecule is O=C(NCc1ccc(F)cc1)C(=O)Nc1ccc(F)c(Cl)c1. The molecule has 0 fully saturated rings. The van der Waals surface area contributed by atoms with E-state index in [0.29, 0.717) is 5.56 Å². The Morgan fingerprint density at radius 3 is 2.32 bits per heavy atom. The van der Waals surface area contributed by atoms with Crippen molar-refractivity contribution in [3.8, 4) is 0 Å². The van der Waals surface area contributed by atoms with Crippen molar-refractivity contribution in [2.24, 2.45) is 0 Å². The van der Waals surface area contributed by atoms with Gasteiger partial charge in [0.05, 0.1) is 5.02 Å². The highest BCUT2D eigenvalue weighted by molar-refractivity contribution is 6.39. The average Bonchev–Trinajstić information content (AvgIpc) is 2.50. The van der Waals surface area contributed by atoms with Gasteiger partial charge in [0.1, 0.15) is 11.6 Å². The average molecular weight is 325 g/mol. The van der Waals surface area contributed by atoms with Crippen LogP contribution in [0, 0.1) is 11.6 Å². The van der Waals surface area contributed by atoms with Crippen molar-refractivity contribution in [2.45, 2.75) is 6.54 Å². The fraction of sp³-hybridized carbons (Fsp3) is 0.0667. The minimum atomic E-state index is -0.912. The number of amides is 2. The van der Waals surface area contributed by atoms with Gasteiger partial charge in [0, 0.05) is 12.2 Å². The summed E-state index contributed by atoms with van der Waals surface area (Å²) in [5, 5.41) is 4.51. The van der Waals surface area contributed by atoms with E-state index in [1.54, 1.807) is 0 Å².